The molecule has 0 atom stereocenters. The topological polar surface area (TPSA) is 76.4 Å². The fraction of sp³-hybridized carbons (Fsp3) is 0.864. The maximum absolute atomic E-state index is 5.35. The van der Waals surface area contributed by atoms with Crippen LogP contribution >= 0.6 is 35.7 Å². The second-order valence-electron chi connectivity index (χ2n) is 8.78. The van der Waals surface area contributed by atoms with Crippen LogP contribution in [-0.4, -0.2) is 60.3 Å². The summed E-state index contributed by atoms with van der Waals surface area (Å²) in [5, 5.41) is 16.7. The first-order valence-corrected chi connectivity index (χ1v) is 12.7. The van der Waals surface area contributed by atoms with Gasteiger partial charge in [0.05, 0.1) is 0 Å². The van der Waals surface area contributed by atoms with Crippen molar-refractivity contribution >= 4 is 41.7 Å². The minimum absolute atomic E-state index is 0. The molecule has 0 aliphatic heterocycles. The number of guanidine groups is 1. The summed E-state index contributed by atoms with van der Waals surface area (Å²) in [6, 6.07) is 0. The van der Waals surface area contributed by atoms with E-state index in [1.54, 1.807) is 18.9 Å². The van der Waals surface area contributed by atoms with Crippen molar-refractivity contribution in [3.05, 3.63) is 5.82 Å². The Morgan fingerprint density at radius 1 is 1.26 bits per heavy atom. The molecular formula is C22H43IN6OS. The van der Waals surface area contributed by atoms with E-state index in [1.165, 1.54) is 25.7 Å². The number of halogens is 1. The maximum atomic E-state index is 5.35. The van der Waals surface area contributed by atoms with Crippen LogP contribution in [0.2, 0.25) is 0 Å². The Hall–Kier alpha value is -0.550. The average molecular weight is 567 g/mol. The zero-order valence-corrected chi connectivity index (χ0v) is 23.2. The molecule has 9 heteroatoms. The first kappa shape index (κ1) is 28.5. The SMILES string of the molecule is CCNC(=NCC1(CCOC)CCCC1)NCCCc1nnc(SC)n1CC(C)C.I. The van der Waals surface area contributed by atoms with Gasteiger partial charge in [0.1, 0.15) is 5.82 Å². The second kappa shape index (κ2) is 15.3. The lowest BCUT2D eigenvalue weighted by molar-refractivity contribution is 0.141. The van der Waals surface area contributed by atoms with Crippen molar-refractivity contribution in [3.8, 4) is 0 Å². The van der Waals surface area contributed by atoms with E-state index in [9.17, 15) is 0 Å². The fourth-order valence-corrected chi connectivity index (χ4v) is 4.70. The number of aryl methyl sites for hydroxylation is 1. The summed E-state index contributed by atoms with van der Waals surface area (Å²) in [5.74, 6) is 2.59. The normalized spacial score (nSPS) is 15.9. The molecule has 7 nitrogen and oxygen atoms in total. The number of thioether (sulfide) groups is 1. The second-order valence-corrected chi connectivity index (χ2v) is 9.56. The van der Waals surface area contributed by atoms with Gasteiger partial charge in [-0.15, -0.1) is 34.2 Å². The highest BCUT2D eigenvalue weighted by atomic mass is 127. The third-order valence-corrected chi connectivity index (χ3v) is 6.48. The molecule has 1 heterocycles. The number of methoxy groups -OCH3 is 1. The Labute approximate surface area is 210 Å². The summed E-state index contributed by atoms with van der Waals surface area (Å²) in [6.07, 6.45) is 10.3. The summed E-state index contributed by atoms with van der Waals surface area (Å²) < 4.78 is 7.63. The molecule has 0 unspecified atom stereocenters. The van der Waals surface area contributed by atoms with Gasteiger partial charge in [0, 0.05) is 46.3 Å². The van der Waals surface area contributed by atoms with Crippen LogP contribution in [0, 0.1) is 11.3 Å². The summed E-state index contributed by atoms with van der Waals surface area (Å²) in [5.41, 5.74) is 0.319. The molecule has 2 rings (SSSR count). The van der Waals surface area contributed by atoms with E-state index in [0.717, 1.165) is 69.0 Å². The van der Waals surface area contributed by atoms with Gasteiger partial charge in [-0.3, -0.25) is 4.99 Å². The molecule has 1 aliphatic carbocycles. The van der Waals surface area contributed by atoms with Crippen LogP contribution in [0.1, 0.15) is 65.1 Å². The van der Waals surface area contributed by atoms with Crippen LogP contribution in [-0.2, 0) is 17.7 Å². The quantitative estimate of drug-likeness (QED) is 0.122. The Balaban J connectivity index is 0.00000480. The first-order chi connectivity index (χ1) is 14.5. The third-order valence-electron chi connectivity index (χ3n) is 5.81. The first-order valence-electron chi connectivity index (χ1n) is 11.5. The number of ether oxygens (including phenoxy) is 1. The predicted octanol–water partition coefficient (Wildman–Crippen LogP) is 4.36. The summed E-state index contributed by atoms with van der Waals surface area (Å²) >= 11 is 1.67. The average Bonchev–Trinajstić information content (AvgIpc) is 3.35. The molecule has 0 amide bonds. The molecule has 1 fully saturated rings. The molecule has 1 saturated carbocycles. The van der Waals surface area contributed by atoms with E-state index < -0.39 is 0 Å². The summed E-state index contributed by atoms with van der Waals surface area (Å²) in [4.78, 5) is 4.94. The van der Waals surface area contributed by atoms with E-state index in [1.807, 2.05) is 0 Å². The molecule has 0 aromatic carbocycles. The molecule has 0 radical (unpaired) electrons. The van der Waals surface area contributed by atoms with Crippen LogP contribution in [0.3, 0.4) is 0 Å². The Kier molecular flexibility index (Phi) is 14.1. The van der Waals surface area contributed by atoms with Crippen LogP contribution in [0.25, 0.3) is 0 Å². The van der Waals surface area contributed by atoms with Crippen LogP contribution in [0.5, 0.6) is 0 Å². The van der Waals surface area contributed by atoms with E-state index in [4.69, 9.17) is 9.73 Å². The van der Waals surface area contributed by atoms with Crippen molar-refractivity contribution in [1.29, 1.82) is 0 Å². The van der Waals surface area contributed by atoms with Gasteiger partial charge in [0.15, 0.2) is 11.1 Å². The van der Waals surface area contributed by atoms with E-state index in [0.29, 0.717) is 11.3 Å². The van der Waals surface area contributed by atoms with Crippen molar-refractivity contribution in [1.82, 2.24) is 25.4 Å². The van der Waals surface area contributed by atoms with Gasteiger partial charge >= 0.3 is 0 Å². The van der Waals surface area contributed by atoms with Crippen molar-refractivity contribution < 1.29 is 4.74 Å². The molecule has 1 aromatic heterocycles. The summed E-state index contributed by atoms with van der Waals surface area (Å²) in [7, 11) is 1.79. The van der Waals surface area contributed by atoms with Gasteiger partial charge in [-0.1, -0.05) is 38.5 Å². The lowest BCUT2D eigenvalue weighted by Gasteiger charge is -2.27. The molecule has 0 spiro atoms. The zero-order valence-electron chi connectivity index (χ0n) is 20.1. The molecule has 180 valence electrons. The molecule has 31 heavy (non-hydrogen) atoms. The van der Waals surface area contributed by atoms with Gasteiger partial charge in [-0.2, -0.15) is 0 Å². The Morgan fingerprint density at radius 3 is 2.61 bits per heavy atom. The van der Waals surface area contributed by atoms with Crippen LogP contribution < -0.4 is 10.6 Å². The lowest BCUT2D eigenvalue weighted by Crippen LogP contribution is -2.39. The predicted molar refractivity (Wildman–Crippen MR) is 142 cm³/mol. The standard InChI is InChI=1S/C22H42N6OS.HI/c1-6-23-20(25-17-22(13-15-29-4)11-7-8-12-22)24-14-9-10-19-26-27-21(30-5)28(19)16-18(2)3;/h18H,6-17H2,1-5H3,(H2,23,24,25);1H. The highest BCUT2D eigenvalue weighted by Gasteiger charge is 2.33. The van der Waals surface area contributed by atoms with Gasteiger partial charge in [-0.05, 0) is 50.2 Å². The number of rotatable bonds is 13. The number of nitrogens with one attached hydrogen (secondary N) is 2. The van der Waals surface area contributed by atoms with Crippen molar-refractivity contribution in [2.24, 2.45) is 16.3 Å². The highest BCUT2D eigenvalue weighted by Crippen LogP contribution is 2.41. The molecule has 1 aliphatic rings. The number of nitrogens with zero attached hydrogens (tertiary/aromatic N) is 4. The smallest absolute Gasteiger partial charge is 0.191 e. The van der Waals surface area contributed by atoms with Gasteiger partial charge in [-0.25, -0.2) is 0 Å². The van der Waals surface area contributed by atoms with E-state index in [-0.39, 0.29) is 24.0 Å². The Bertz CT molecular complexity index is 646. The highest BCUT2D eigenvalue weighted by molar-refractivity contribution is 14.0. The van der Waals surface area contributed by atoms with Crippen LogP contribution in [0.4, 0.5) is 0 Å². The van der Waals surface area contributed by atoms with Gasteiger partial charge < -0.3 is 19.9 Å². The third kappa shape index (κ3) is 9.45. The Morgan fingerprint density at radius 2 is 2.00 bits per heavy atom. The van der Waals surface area contributed by atoms with Crippen molar-refractivity contribution in [2.45, 2.75) is 77.4 Å². The minimum Gasteiger partial charge on any atom is -0.385 e. The molecular weight excluding hydrogens is 523 g/mol. The van der Waals surface area contributed by atoms with Gasteiger partial charge in [0.2, 0.25) is 0 Å². The number of hydrogen-bond acceptors (Lipinski definition) is 5. The molecule has 1 aromatic rings. The van der Waals surface area contributed by atoms with E-state index in [2.05, 4.69) is 52.4 Å². The number of hydrogen-bond donors (Lipinski definition) is 2. The van der Waals surface area contributed by atoms with Gasteiger partial charge in [0.25, 0.3) is 0 Å². The minimum atomic E-state index is 0. The van der Waals surface area contributed by atoms with Crippen molar-refractivity contribution in [3.63, 3.8) is 0 Å². The molecule has 2 N–H and O–H groups in total. The maximum Gasteiger partial charge on any atom is 0.191 e. The molecule has 0 bridgehead atoms. The molecule has 0 saturated heterocycles. The monoisotopic (exact) mass is 566 g/mol. The van der Waals surface area contributed by atoms with Crippen molar-refractivity contribution in [2.75, 3.05) is 39.6 Å². The fourth-order valence-electron chi connectivity index (χ4n) is 4.18. The van der Waals surface area contributed by atoms with Crippen LogP contribution in [0.15, 0.2) is 10.1 Å². The zero-order chi connectivity index (χ0) is 21.8. The summed E-state index contributed by atoms with van der Waals surface area (Å²) in [6.45, 7) is 11.0. The van der Waals surface area contributed by atoms with E-state index >= 15 is 0 Å². The number of aliphatic imine (C=N–C) groups is 1. The number of aromatic nitrogens is 3. The largest absolute Gasteiger partial charge is 0.385 e. The lowest BCUT2D eigenvalue weighted by atomic mass is 9.83.